The summed E-state index contributed by atoms with van der Waals surface area (Å²) in [6.07, 6.45) is 4.88. The molecule has 0 bridgehead atoms. The lowest BCUT2D eigenvalue weighted by atomic mass is 10.1. The molecule has 5 nitrogen and oxygen atoms in total. The van der Waals surface area contributed by atoms with Crippen LogP contribution in [0, 0.1) is 0 Å². The fourth-order valence-corrected chi connectivity index (χ4v) is 2.14. The Labute approximate surface area is 115 Å². The van der Waals surface area contributed by atoms with E-state index in [0.29, 0.717) is 17.8 Å². The Morgan fingerprint density at radius 1 is 1.30 bits per heavy atom. The van der Waals surface area contributed by atoms with E-state index in [1.54, 1.807) is 13.3 Å². The number of hydrogen-bond acceptors (Lipinski definition) is 4. The minimum Gasteiger partial charge on any atom is -0.497 e. The average Bonchev–Trinajstić information content (AvgIpc) is 2.86. The van der Waals surface area contributed by atoms with Crippen LogP contribution >= 0.6 is 0 Å². The number of carbonyl (C=O) groups excluding carboxylic acids is 1. The third kappa shape index (κ3) is 2.14. The number of hydrogen-bond donors (Lipinski definition) is 0. The summed E-state index contributed by atoms with van der Waals surface area (Å²) < 4.78 is 6.98. The standard InChI is InChI=1S/C15H13N3O2/c1-20-12-5-3-11(4-6-12)9-14-17-13(10-19)15-16-7-2-8-18(14)15/h2-8,10H,9H2,1H3. The van der Waals surface area contributed by atoms with Crippen molar-refractivity contribution in [3.63, 3.8) is 0 Å². The number of carbonyl (C=O) groups is 1. The molecule has 0 aliphatic heterocycles. The van der Waals surface area contributed by atoms with Crippen LogP contribution in [0.15, 0.2) is 42.7 Å². The highest BCUT2D eigenvalue weighted by Crippen LogP contribution is 2.16. The van der Waals surface area contributed by atoms with Crippen LogP contribution in [0.5, 0.6) is 5.75 Å². The summed E-state index contributed by atoms with van der Waals surface area (Å²) in [6.45, 7) is 0. The van der Waals surface area contributed by atoms with E-state index in [0.717, 1.165) is 23.4 Å². The number of rotatable bonds is 4. The molecule has 0 atom stereocenters. The van der Waals surface area contributed by atoms with Crippen molar-refractivity contribution >= 4 is 11.9 Å². The van der Waals surface area contributed by atoms with Crippen molar-refractivity contribution in [2.75, 3.05) is 7.11 Å². The first-order valence-electron chi connectivity index (χ1n) is 6.22. The Hall–Kier alpha value is -2.69. The van der Waals surface area contributed by atoms with Gasteiger partial charge in [0.1, 0.15) is 17.3 Å². The van der Waals surface area contributed by atoms with Crippen LogP contribution in [0.25, 0.3) is 5.65 Å². The molecular weight excluding hydrogens is 254 g/mol. The molecule has 0 radical (unpaired) electrons. The van der Waals surface area contributed by atoms with Crippen LogP contribution < -0.4 is 4.74 Å². The SMILES string of the molecule is COc1ccc(Cc2nc(C=O)c3ncccn23)cc1. The summed E-state index contributed by atoms with van der Waals surface area (Å²) in [7, 11) is 1.64. The molecule has 0 aliphatic carbocycles. The lowest BCUT2D eigenvalue weighted by Crippen LogP contribution is -1.96. The first-order valence-corrected chi connectivity index (χ1v) is 6.22. The Balaban J connectivity index is 1.99. The van der Waals surface area contributed by atoms with E-state index in [9.17, 15) is 4.79 Å². The Kier molecular flexibility index (Phi) is 3.16. The van der Waals surface area contributed by atoms with Crippen molar-refractivity contribution in [1.82, 2.24) is 14.4 Å². The van der Waals surface area contributed by atoms with Crippen molar-refractivity contribution < 1.29 is 9.53 Å². The fraction of sp³-hybridized carbons (Fsp3) is 0.133. The lowest BCUT2D eigenvalue weighted by Gasteiger charge is -2.03. The van der Waals surface area contributed by atoms with E-state index in [2.05, 4.69) is 9.97 Å². The molecule has 0 amide bonds. The first kappa shape index (κ1) is 12.3. The second-order valence-electron chi connectivity index (χ2n) is 4.37. The monoisotopic (exact) mass is 267 g/mol. The topological polar surface area (TPSA) is 56.5 Å². The van der Waals surface area contributed by atoms with E-state index >= 15 is 0 Å². The van der Waals surface area contributed by atoms with Gasteiger partial charge in [-0.05, 0) is 23.8 Å². The lowest BCUT2D eigenvalue weighted by molar-refractivity contribution is 0.112. The fourth-order valence-electron chi connectivity index (χ4n) is 2.14. The highest BCUT2D eigenvalue weighted by Gasteiger charge is 2.11. The van der Waals surface area contributed by atoms with Gasteiger partial charge in [-0.1, -0.05) is 12.1 Å². The molecule has 1 aromatic carbocycles. The summed E-state index contributed by atoms with van der Waals surface area (Å²) in [5.41, 5.74) is 2.05. The number of fused-ring (bicyclic) bond motifs is 1. The first-order chi connectivity index (χ1) is 9.81. The van der Waals surface area contributed by atoms with Gasteiger partial charge in [-0.3, -0.25) is 9.20 Å². The van der Waals surface area contributed by atoms with Crippen LogP contribution in [0.4, 0.5) is 0 Å². The molecule has 100 valence electrons. The molecular formula is C15H13N3O2. The van der Waals surface area contributed by atoms with Gasteiger partial charge in [-0.25, -0.2) is 9.97 Å². The molecule has 0 saturated heterocycles. The normalized spacial score (nSPS) is 10.7. The van der Waals surface area contributed by atoms with Crippen LogP contribution in [-0.4, -0.2) is 27.8 Å². The molecule has 2 aromatic heterocycles. The molecule has 20 heavy (non-hydrogen) atoms. The molecule has 3 aromatic rings. The molecule has 2 heterocycles. The van der Waals surface area contributed by atoms with Gasteiger partial charge >= 0.3 is 0 Å². The largest absolute Gasteiger partial charge is 0.497 e. The summed E-state index contributed by atoms with van der Waals surface area (Å²) >= 11 is 0. The Morgan fingerprint density at radius 3 is 2.80 bits per heavy atom. The van der Waals surface area contributed by atoms with Gasteiger partial charge in [0.15, 0.2) is 11.9 Å². The predicted octanol–water partition coefficient (Wildman–Crippen LogP) is 2.14. The Morgan fingerprint density at radius 2 is 2.10 bits per heavy atom. The Bertz CT molecular complexity index is 747. The van der Waals surface area contributed by atoms with Gasteiger partial charge < -0.3 is 4.74 Å². The van der Waals surface area contributed by atoms with Gasteiger partial charge in [0.05, 0.1) is 7.11 Å². The van der Waals surface area contributed by atoms with E-state index in [4.69, 9.17) is 4.74 Å². The molecule has 0 spiro atoms. The van der Waals surface area contributed by atoms with E-state index in [-0.39, 0.29) is 0 Å². The highest BCUT2D eigenvalue weighted by atomic mass is 16.5. The number of benzene rings is 1. The number of imidazole rings is 1. The van der Waals surface area contributed by atoms with E-state index < -0.39 is 0 Å². The number of aldehydes is 1. The zero-order valence-electron chi connectivity index (χ0n) is 11.0. The predicted molar refractivity (Wildman–Crippen MR) is 74.2 cm³/mol. The van der Waals surface area contributed by atoms with Gasteiger partial charge in [0.2, 0.25) is 0 Å². The highest BCUT2D eigenvalue weighted by molar-refractivity contribution is 5.81. The summed E-state index contributed by atoms with van der Waals surface area (Å²) in [5, 5.41) is 0. The van der Waals surface area contributed by atoms with E-state index in [1.165, 1.54) is 0 Å². The molecule has 0 N–H and O–H groups in total. The van der Waals surface area contributed by atoms with Gasteiger partial charge in [0, 0.05) is 18.8 Å². The third-order valence-electron chi connectivity index (χ3n) is 3.14. The minimum atomic E-state index is 0.370. The molecule has 3 rings (SSSR count). The smallest absolute Gasteiger partial charge is 0.172 e. The van der Waals surface area contributed by atoms with E-state index in [1.807, 2.05) is 40.9 Å². The van der Waals surface area contributed by atoms with Crippen LogP contribution in [0.2, 0.25) is 0 Å². The van der Waals surface area contributed by atoms with Crippen LogP contribution in [0.3, 0.4) is 0 Å². The van der Waals surface area contributed by atoms with Crippen molar-refractivity contribution in [3.05, 3.63) is 59.8 Å². The van der Waals surface area contributed by atoms with Crippen molar-refractivity contribution in [1.29, 1.82) is 0 Å². The maximum absolute atomic E-state index is 11.0. The van der Waals surface area contributed by atoms with Crippen LogP contribution in [0.1, 0.15) is 21.9 Å². The van der Waals surface area contributed by atoms with Crippen molar-refractivity contribution in [2.24, 2.45) is 0 Å². The minimum absolute atomic E-state index is 0.370. The second kappa shape index (κ2) is 5.13. The molecule has 0 saturated carbocycles. The molecule has 0 fully saturated rings. The maximum Gasteiger partial charge on any atom is 0.172 e. The number of ether oxygens (including phenoxy) is 1. The van der Waals surface area contributed by atoms with Crippen molar-refractivity contribution in [3.8, 4) is 5.75 Å². The number of nitrogens with zero attached hydrogens (tertiary/aromatic N) is 3. The maximum atomic E-state index is 11.0. The van der Waals surface area contributed by atoms with Crippen LogP contribution in [-0.2, 0) is 6.42 Å². The molecule has 5 heteroatoms. The molecule has 0 aliphatic rings. The zero-order chi connectivity index (χ0) is 13.9. The third-order valence-corrected chi connectivity index (χ3v) is 3.14. The summed E-state index contributed by atoms with van der Waals surface area (Å²) in [5.74, 6) is 1.61. The van der Waals surface area contributed by atoms with Gasteiger partial charge in [0.25, 0.3) is 0 Å². The zero-order valence-corrected chi connectivity index (χ0v) is 11.0. The number of aromatic nitrogens is 3. The van der Waals surface area contributed by atoms with Crippen molar-refractivity contribution in [2.45, 2.75) is 6.42 Å². The number of methoxy groups -OCH3 is 1. The average molecular weight is 267 g/mol. The second-order valence-corrected chi connectivity index (χ2v) is 4.37. The van der Waals surface area contributed by atoms with Gasteiger partial charge in [-0.2, -0.15) is 0 Å². The summed E-state index contributed by atoms with van der Waals surface area (Å²) in [4.78, 5) is 19.6. The quantitative estimate of drug-likeness (QED) is 0.680. The summed E-state index contributed by atoms with van der Waals surface area (Å²) in [6, 6.07) is 9.60. The van der Waals surface area contributed by atoms with Gasteiger partial charge in [-0.15, -0.1) is 0 Å². The molecule has 0 unspecified atom stereocenters.